The first-order chi connectivity index (χ1) is 8.95. The highest BCUT2D eigenvalue weighted by Gasteiger charge is 2.35. The minimum atomic E-state index is -0.840. The Bertz CT molecular complexity index is 323. The van der Waals surface area contributed by atoms with Crippen molar-refractivity contribution in [2.75, 3.05) is 20.1 Å². The van der Waals surface area contributed by atoms with Crippen LogP contribution in [0.5, 0.6) is 0 Å². The minimum absolute atomic E-state index is 0.167. The van der Waals surface area contributed by atoms with Crippen molar-refractivity contribution in [3.05, 3.63) is 0 Å². The van der Waals surface area contributed by atoms with Crippen molar-refractivity contribution in [3.8, 4) is 0 Å². The van der Waals surface area contributed by atoms with Crippen LogP contribution < -0.4 is 5.32 Å². The van der Waals surface area contributed by atoms with Crippen molar-refractivity contribution in [2.24, 2.45) is 11.3 Å². The number of hydrogen-bond donors (Lipinski definition) is 2. The van der Waals surface area contributed by atoms with Crippen molar-refractivity contribution in [1.29, 1.82) is 0 Å². The number of nitrogens with one attached hydrogen (secondary N) is 1. The van der Waals surface area contributed by atoms with Crippen LogP contribution in [0.1, 0.15) is 46.0 Å². The van der Waals surface area contributed by atoms with E-state index in [-0.39, 0.29) is 12.6 Å². The summed E-state index contributed by atoms with van der Waals surface area (Å²) in [6.45, 7) is 4.66. The lowest BCUT2D eigenvalue weighted by Gasteiger charge is -2.32. The van der Waals surface area contributed by atoms with Gasteiger partial charge in [0.1, 0.15) is 0 Å². The zero-order valence-electron chi connectivity index (χ0n) is 12.2. The van der Waals surface area contributed by atoms with Crippen LogP contribution in [0, 0.1) is 11.3 Å². The Morgan fingerprint density at radius 3 is 2.26 bits per heavy atom. The van der Waals surface area contributed by atoms with Crippen molar-refractivity contribution in [2.45, 2.75) is 46.0 Å². The van der Waals surface area contributed by atoms with E-state index in [1.807, 2.05) is 13.8 Å². The van der Waals surface area contributed by atoms with E-state index < -0.39 is 11.4 Å². The second-order valence-corrected chi connectivity index (χ2v) is 5.63. The van der Waals surface area contributed by atoms with E-state index in [0.717, 1.165) is 6.54 Å². The predicted octanol–water partition coefficient (Wildman–Crippen LogP) is 2.32. The molecule has 0 aliphatic heterocycles. The Labute approximate surface area is 115 Å². The SMILES string of the molecule is CCC(CC)(CNC(=O)N(C)CC1CCC1)C(=O)O. The molecule has 1 saturated carbocycles. The molecule has 1 aliphatic rings. The van der Waals surface area contributed by atoms with Gasteiger partial charge in [0, 0.05) is 20.1 Å². The predicted molar refractivity (Wildman–Crippen MR) is 74.0 cm³/mol. The summed E-state index contributed by atoms with van der Waals surface area (Å²) >= 11 is 0. The van der Waals surface area contributed by atoms with E-state index in [1.54, 1.807) is 11.9 Å². The molecule has 0 spiro atoms. The van der Waals surface area contributed by atoms with Crippen molar-refractivity contribution in [1.82, 2.24) is 10.2 Å². The molecule has 0 aromatic heterocycles. The lowest BCUT2D eigenvalue weighted by atomic mass is 9.82. The van der Waals surface area contributed by atoms with Crippen LogP contribution in [0.2, 0.25) is 0 Å². The first-order valence-electron chi connectivity index (χ1n) is 7.17. The van der Waals surface area contributed by atoms with Gasteiger partial charge in [0.25, 0.3) is 0 Å². The summed E-state index contributed by atoms with van der Waals surface area (Å²) in [6, 6.07) is -0.167. The smallest absolute Gasteiger partial charge is 0.317 e. The zero-order valence-corrected chi connectivity index (χ0v) is 12.2. The van der Waals surface area contributed by atoms with Crippen LogP contribution >= 0.6 is 0 Å². The molecule has 1 aliphatic carbocycles. The molecule has 0 bridgehead atoms. The monoisotopic (exact) mass is 270 g/mol. The number of carbonyl (C=O) groups is 2. The number of nitrogens with zero attached hydrogens (tertiary/aromatic N) is 1. The molecular formula is C14H26N2O3. The fourth-order valence-corrected chi connectivity index (χ4v) is 2.40. The van der Waals surface area contributed by atoms with E-state index in [1.165, 1.54) is 19.3 Å². The highest BCUT2D eigenvalue weighted by Crippen LogP contribution is 2.27. The third-order valence-corrected chi connectivity index (χ3v) is 4.49. The molecule has 5 nitrogen and oxygen atoms in total. The zero-order chi connectivity index (χ0) is 14.5. The highest BCUT2D eigenvalue weighted by atomic mass is 16.4. The lowest BCUT2D eigenvalue weighted by Crippen LogP contribution is -2.47. The molecule has 0 atom stereocenters. The van der Waals surface area contributed by atoms with E-state index in [2.05, 4.69) is 5.32 Å². The van der Waals surface area contributed by atoms with E-state index in [4.69, 9.17) is 0 Å². The number of carboxylic acid groups (broad SMARTS) is 1. The fraction of sp³-hybridized carbons (Fsp3) is 0.857. The van der Waals surface area contributed by atoms with E-state index in [0.29, 0.717) is 18.8 Å². The normalized spacial score (nSPS) is 15.7. The van der Waals surface area contributed by atoms with Crippen LogP contribution in [-0.4, -0.2) is 42.1 Å². The maximum Gasteiger partial charge on any atom is 0.317 e. The summed E-state index contributed by atoms with van der Waals surface area (Å²) in [5, 5.41) is 12.1. The Morgan fingerprint density at radius 1 is 1.32 bits per heavy atom. The van der Waals surface area contributed by atoms with Gasteiger partial charge in [-0.3, -0.25) is 4.79 Å². The second-order valence-electron chi connectivity index (χ2n) is 5.63. The number of hydrogen-bond acceptors (Lipinski definition) is 2. The van der Waals surface area contributed by atoms with Gasteiger partial charge in [0.05, 0.1) is 5.41 Å². The Morgan fingerprint density at radius 2 is 1.89 bits per heavy atom. The van der Waals surface area contributed by atoms with Gasteiger partial charge in [-0.1, -0.05) is 20.3 Å². The molecule has 2 N–H and O–H groups in total. The molecule has 0 radical (unpaired) electrons. The quantitative estimate of drug-likeness (QED) is 0.746. The van der Waals surface area contributed by atoms with Crippen LogP contribution in [-0.2, 0) is 4.79 Å². The molecule has 0 unspecified atom stereocenters. The van der Waals surface area contributed by atoms with Gasteiger partial charge in [-0.05, 0) is 31.6 Å². The average molecular weight is 270 g/mol. The lowest BCUT2D eigenvalue weighted by molar-refractivity contribution is -0.149. The molecule has 0 saturated heterocycles. The molecule has 0 aromatic rings. The van der Waals surface area contributed by atoms with Gasteiger partial charge in [-0.15, -0.1) is 0 Å². The largest absolute Gasteiger partial charge is 0.481 e. The Balaban J connectivity index is 2.44. The summed E-state index contributed by atoms with van der Waals surface area (Å²) in [7, 11) is 1.77. The fourth-order valence-electron chi connectivity index (χ4n) is 2.40. The number of amides is 2. The van der Waals surface area contributed by atoms with Crippen molar-refractivity contribution >= 4 is 12.0 Å². The Kier molecular flexibility index (Phi) is 5.63. The standard InChI is InChI=1S/C14H26N2O3/c1-4-14(5-2,12(17)18)10-15-13(19)16(3)9-11-7-6-8-11/h11H,4-10H2,1-3H3,(H,15,19)(H,17,18). The highest BCUT2D eigenvalue weighted by molar-refractivity contribution is 5.78. The van der Waals surface area contributed by atoms with Gasteiger partial charge in [0.15, 0.2) is 0 Å². The van der Waals surface area contributed by atoms with E-state index in [9.17, 15) is 14.7 Å². The molecule has 5 heteroatoms. The van der Waals surface area contributed by atoms with E-state index >= 15 is 0 Å². The number of carbonyl (C=O) groups excluding carboxylic acids is 1. The molecule has 19 heavy (non-hydrogen) atoms. The van der Waals surface area contributed by atoms with Gasteiger partial charge in [-0.25, -0.2) is 4.79 Å². The van der Waals surface area contributed by atoms with Crippen LogP contribution in [0.15, 0.2) is 0 Å². The number of urea groups is 1. The van der Waals surface area contributed by atoms with Gasteiger partial charge in [-0.2, -0.15) is 0 Å². The summed E-state index contributed by atoms with van der Waals surface area (Å²) < 4.78 is 0. The molecular weight excluding hydrogens is 244 g/mol. The summed E-state index contributed by atoms with van der Waals surface area (Å²) in [6.07, 6.45) is 4.69. The van der Waals surface area contributed by atoms with Gasteiger partial charge in [0.2, 0.25) is 0 Å². The number of aliphatic carboxylic acids is 1. The number of rotatable bonds is 7. The van der Waals surface area contributed by atoms with Crippen LogP contribution in [0.25, 0.3) is 0 Å². The third kappa shape index (κ3) is 3.85. The topological polar surface area (TPSA) is 69.6 Å². The summed E-state index contributed by atoms with van der Waals surface area (Å²) in [5.41, 5.74) is -0.840. The third-order valence-electron chi connectivity index (χ3n) is 4.49. The maximum absolute atomic E-state index is 11.9. The molecule has 0 heterocycles. The number of carboxylic acids is 1. The molecule has 2 amide bonds. The second kappa shape index (κ2) is 6.78. The Hall–Kier alpha value is -1.26. The molecule has 0 aromatic carbocycles. The molecule has 1 rings (SSSR count). The van der Waals surface area contributed by atoms with Gasteiger partial charge < -0.3 is 15.3 Å². The minimum Gasteiger partial charge on any atom is -0.481 e. The van der Waals surface area contributed by atoms with Gasteiger partial charge >= 0.3 is 12.0 Å². The first-order valence-corrected chi connectivity index (χ1v) is 7.17. The molecule has 110 valence electrons. The average Bonchev–Trinajstić information content (AvgIpc) is 2.34. The molecule has 1 fully saturated rings. The van der Waals surface area contributed by atoms with Crippen molar-refractivity contribution in [3.63, 3.8) is 0 Å². The first kappa shape index (κ1) is 15.8. The van der Waals surface area contributed by atoms with Crippen molar-refractivity contribution < 1.29 is 14.7 Å². The van der Waals surface area contributed by atoms with Crippen LogP contribution in [0.3, 0.4) is 0 Å². The maximum atomic E-state index is 11.9. The summed E-state index contributed by atoms with van der Waals surface area (Å²) in [4.78, 5) is 24.9. The van der Waals surface area contributed by atoms with Crippen LogP contribution in [0.4, 0.5) is 4.79 Å². The summed E-state index contributed by atoms with van der Waals surface area (Å²) in [5.74, 6) is -0.211.